The normalized spacial score (nSPS) is 27.1. The van der Waals surface area contributed by atoms with Crippen molar-refractivity contribution in [2.75, 3.05) is 19.8 Å². The summed E-state index contributed by atoms with van der Waals surface area (Å²) in [6, 6.07) is 0. The molecular weight excluding hydrogens is 568 g/mol. The number of hydrogen-bond donors (Lipinski definition) is 0. The van der Waals surface area contributed by atoms with Gasteiger partial charge < -0.3 is 33.2 Å². The van der Waals surface area contributed by atoms with E-state index in [0.29, 0.717) is 13.2 Å². The predicted molar refractivity (Wildman–Crippen MR) is 166 cm³/mol. The maximum absolute atomic E-state index is 12.0. The average molecular weight is 629 g/mol. The summed E-state index contributed by atoms with van der Waals surface area (Å²) in [4.78, 5) is 35.8. The highest BCUT2D eigenvalue weighted by Gasteiger charge is 2.60. The molecule has 0 bridgehead atoms. The molecule has 0 aromatic heterocycles. The summed E-state index contributed by atoms with van der Waals surface area (Å²) in [7, 11) is 0. The van der Waals surface area contributed by atoms with Crippen LogP contribution in [0.1, 0.15) is 132 Å². The van der Waals surface area contributed by atoms with Crippen molar-refractivity contribution in [3.63, 3.8) is 0 Å². The molecule has 10 nitrogen and oxygen atoms in total. The van der Waals surface area contributed by atoms with Crippen molar-refractivity contribution in [2.45, 2.75) is 174 Å². The van der Waals surface area contributed by atoms with Crippen LogP contribution in [-0.2, 0) is 47.5 Å². The van der Waals surface area contributed by atoms with E-state index in [1.165, 1.54) is 91.4 Å². The van der Waals surface area contributed by atoms with Gasteiger partial charge in [0.05, 0.1) is 13.2 Å². The van der Waals surface area contributed by atoms with Gasteiger partial charge in [-0.1, -0.05) is 90.9 Å². The number of carbonyl (C=O) groups excluding carboxylic acids is 3. The molecule has 44 heavy (non-hydrogen) atoms. The molecule has 256 valence electrons. The lowest BCUT2D eigenvalue weighted by molar-refractivity contribution is -0.314. The molecule has 1 heterocycles. The lowest BCUT2D eigenvalue weighted by Gasteiger charge is -2.39. The van der Waals surface area contributed by atoms with Gasteiger partial charge in [0.15, 0.2) is 24.1 Å². The van der Waals surface area contributed by atoms with Crippen LogP contribution < -0.4 is 0 Å². The van der Waals surface area contributed by atoms with Gasteiger partial charge in [0, 0.05) is 27.4 Å². The van der Waals surface area contributed by atoms with Crippen molar-refractivity contribution in [3.8, 4) is 0 Å². The second kappa shape index (κ2) is 20.4. The second-order valence-electron chi connectivity index (χ2n) is 13.0. The predicted octanol–water partition coefficient (Wildman–Crippen LogP) is 6.44. The zero-order valence-corrected chi connectivity index (χ0v) is 28.4. The first-order chi connectivity index (χ1) is 20.9. The third-order valence-corrected chi connectivity index (χ3v) is 8.21. The Morgan fingerprint density at radius 3 is 1.77 bits per heavy atom. The Balaban J connectivity index is 1.75. The number of hydrogen-bond acceptors (Lipinski definition) is 10. The van der Waals surface area contributed by atoms with Crippen molar-refractivity contribution in [3.05, 3.63) is 0 Å². The Labute approximate surface area is 265 Å². The van der Waals surface area contributed by atoms with E-state index in [4.69, 9.17) is 33.2 Å². The number of ether oxygens (including phenoxy) is 7. The zero-order valence-electron chi connectivity index (χ0n) is 28.4. The van der Waals surface area contributed by atoms with Crippen molar-refractivity contribution < 1.29 is 47.5 Å². The molecule has 0 aromatic carbocycles. The molecule has 0 amide bonds. The highest BCUT2D eigenvalue weighted by atomic mass is 16.7. The van der Waals surface area contributed by atoms with Crippen LogP contribution in [0.3, 0.4) is 0 Å². The molecule has 1 aliphatic heterocycles. The van der Waals surface area contributed by atoms with Crippen molar-refractivity contribution in [1.82, 2.24) is 0 Å². The SMILES string of the molecule is CCCCCCC(C)CCCCCCCCCOC[C@H]1CO[C@@H]2[C@@H](OC(C)=O)[C@H](OC(C)=O)[C@@H](OC(C)=O)[C@@H]2OC(C)(C)O1. The molecule has 0 aromatic rings. The summed E-state index contributed by atoms with van der Waals surface area (Å²) < 4.78 is 41.0. The maximum Gasteiger partial charge on any atom is 0.303 e. The quantitative estimate of drug-likeness (QED) is 0.0847. The minimum absolute atomic E-state index is 0.128. The number of carbonyl (C=O) groups is 3. The van der Waals surface area contributed by atoms with Crippen LogP contribution in [0.15, 0.2) is 0 Å². The van der Waals surface area contributed by atoms with Crippen LogP contribution in [0.4, 0.5) is 0 Å². The van der Waals surface area contributed by atoms with Gasteiger partial charge in [-0.05, 0) is 26.2 Å². The third-order valence-electron chi connectivity index (χ3n) is 8.21. The van der Waals surface area contributed by atoms with Gasteiger partial charge in [-0.3, -0.25) is 14.4 Å². The molecule has 1 saturated carbocycles. The van der Waals surface area contributed by atoms with E-state index in [-0.39, 0.29) is 6.61 Å². The summed E-state index contributed by atoms with van der Waals surface area (Å²) in [6.07, 6.45) is 11.4. The van der Waals surface area contributed by atoms with Gasteiger partial charge >= 0.3 is 17.9 Å². The molecule has 2 aliphatic rings. The van der Waals surface area contributed by atoms with Gasteiger partial charge in [0.25, 0.3) is 0 Å². The Morgan fingerprint density at radius 2 is 1.20 bits per heavy atom. The number of fused-ring (bicyclic) bond motifs is 1. The van der Waals surface area contributed by atoms with E-state index in [0.717, 1.165) is 18.8 Å². The zero-order chi connectivity index (χ0) is 32.5. The van der Waals surface area contributed by atoms with Gasteiger partial charge in [-0.2, -0.15) is 0 Å². The minimum Gasteiger partial charge on any atom is -0.456 e. The van der Waals surface area contributed by atoms with Crippen molar-refractivity contribution in [1.29, 1.82) is 0 Å². The van der Waals surface area contributed by atoms with Crippen LogP contribution >= 0.6 is 0 Å². The third kappa shape index (κ3) is 14.6. The number of rotatable bonds is 20. The van der Waals surface area contributed by atoms with E-state index in [2.05, 4.69) is 13.8 Å². The summed E-state index contributed by atoms with van der Waals surface area (Å²) in [5.41, 5.74) is 0. The highest BCUT2D eigenvalue weighted by molar-refractivity contribution is 5.68. The Morgan fingerprint density at radius 1 is 0.705 bits per heavy atom. The molecule has 0 radical (unpaired) electrons. The summed E-state index contributed by atoms with van der Waals surface area (Å²) in [5, 5.41) is 0. The van der Waals surface area contributed by atoms with Crippen molar-refractivity contribution >= 4 is 17.9 Å². The second-order valence-corrected chi connectivity index (χ2v) is 13.0. The minimum atomic E-state index is -1.11. The summed E-state index contributed by atoms with van der Waals surface area (Å²) >= 11 is 0. The molecule has 10 heteroatoms. The van der Waals surface area contributed by atoms with Crippen LogP contribution in [0.2, 0.25) is 0 Å². The first-order valence-electron chi connectivity index (χ1n) is 17.0. The van der Waals surface area contributed by atoms with E-state index < -0.39 is 60.3 Å². The van der Waals surface area contributed by atoms with Gasteiger partial charge in [-0.15, -0.1) is 0 Å². The topological polar surface area (TPSA) is 116 Å². The van der Waals surface area contributed by atoms with Crippen molar-refractivity contribution in [2.24, 2.45) is 5.92 Å². The smallest absolute Gasteiger partial charge is 0.303 e. The first kappa shape index (κ1) is 38.4. The van der Waals surface area contributed by atoms with Crippen LogP contribution in [0, 0.1) is 5.92 Å². The van der Waals surface area contributed by atoms with E-state index in [1.807, 2.05) is 0 Å². The molecule has 2 fully saturated rings. The molecular formula is C34H60O10. The Hall–Kier alpha value is -1.75. The molecule has 1 aliphatic carbocycles. The van der Waals surface area contributed by atoms with Crippen LogP contribution in [0.5, 0.6) is 0 Å². The lowest BCUT2D eigenvalue weighted by atomic mass is 9.96. The molecule has 0 spiro atoms. The average Bonchev–Trinajstić information content (AvgIpc) is 3.15. The monoisotopic (exact) mass is 628 g/mol. The fraction of sp³-hybridized carbons (Fsp3) is 0.912. The molecule has 1 unspecified atom stereocenters. The molecule has 0 N–H and O–H groups in total. The van der Waals surface area contributed by atoms with Crippen LogP contribution in [-0.4, -0.2) is 80.1 Å². The van der Waals surface area contributed by atoms with E-state index in [9.17, 15) is 14.4 Å². The molecule has 7 atom stereocenters. The van der Waals surface area contributed by atoms with Gasteiger partial charge in [0.1, 0.15) is 18.3 Å². The fourth-order valence-corrected chi connectivity index (χ4v) is 6.19. The Bertz CT molecular complexity index is 846. The molecule has 2 rings (SSSR count). The maximum atomic E-state index is 12.0. The van der Waals surface area contributed by atoms with Gasteiger partial charge in [-0.25, -0.2) is 0 Å². The van der Waals surface area contributed by atoms with Crippen LogP contribution in [0.25, 0.3) is 0 Å². The lowest BCUT2D eigenvalue weighted by Crippen LogP contribution is -2.51. The number of esters is 3. The number of unbranched alkanes of at least 4 members (excludes halogenated alkanes) is 9. The summed E-state index contributed by atoms with van der Waals surface area (Å²) in [6.45, 7) is 13.0. The Kier molecular flexibility index (Phi) is 17.8. The molecule has 1 saturated heterocycles. The standard InChI is InChI=1S/C34H60O10/c1-8-9-10-16-19-24(2)20-17-14-12-11-13-15-18-21-38-22-28-23-39-29-30(40-25(3)35)31(41-26(4)36)32(42-27(5)37)33(29)44-34(6,7)43-28/h24,28-33H,8-23H2,1-7H3/t24?,28-,29+,30+,31-,32+,33+/m0/s1. The van der Waals surface area contributed by atoms with Gasteiger partial charge in [0.2, 0.25) is 0 Å². The largest absolute Gasteiger partial charge is 0.456 e. The van der Waals surface area contributed by atoms with E-state index in [1.54, 1.807) is 13.8 Å². The fourth-order valence-electron chi connectivity index (χ4n) is 6.19. The summed E-state index contributed by atoms with van der Waals surface area (Å²) in [5.74, 6) is -2.05. The van der Waals surface area contributed by atoms with E-state index >= 15 is 0 Å². The highest BCUT2D eigenvalue weighted by Crippen LogP contribution is 2.38. The first-order valence-corrected chi connectivity index (χ1v) is 17.0.